The van der Waals surface area contributed by atoms with Gasteiger partial charge in [0.1, 0.15) is 10.7 Å². The molecule has 0 amide bonds. The van der Waals surface area contributed by atoms with Crippen LogP contribution in [0.4, 0.5) is 5.82 Å². The number of anilines is 1. The van der Waals surface area contributed by atoms with Gasteiger partial charge in [0.2, 0.25) is 0 Å². The zero-order valence-electron chi connectivity index (χ0n) is 10.7. The van der Waals surface area contributed by atoms with Crippen LogP contribution in [-0.2, 0) is 9.84 Å². The fourth-order valence-corrected chi connectivity index (χ4v) is 3.16. The van der Waals surface area contributed by atoms with Gasteiger partial charge in [-0.25, -0.2) is 13.4 Å². The van der Waals surface area contributed by atoms with Gasteiger partial charge < -0.3 is 10.6 Å². The van der Waals surface area contributed by atoms with Crippen molar-refractivity contribution in [3.8, 4) is 0 Å². The molecule has 0 saturated carbocycles. The van der Waals surface area contributed by atoms with E-state index in [0.717, 1.165) is 19.5 Å². The van der Waals surface area contributed by atoms with E-state index in [1.165, 1.54) is 6.26 Å². The van der Waals surface area contributed by atoms with Gasteiger partial charge in [-0.15, -0.1) is 0 Å². The molecule has 2 rings (SSSR count). The first-order valence-electron chi connectivity index (χ1n) is 6.05. The van der Waals surface area contributed by atoms with Crippen LogP contribution >= 0.6 is 0 Å². The first-order valence-corrected chi connectivity index (χ1v) is 7.94. The van der Waals surface area contributed by atoms with Crippen LogP contribution in [0.15, 0.2) is 23.2 Å². The summed E-state index contributed by atoms with van der Waals surface area (Å²) in [5.74, 6) is 0.961. The van der Waals surface area contributed by atoms with Gasteiger partial charge in [0.05, 0.1) is 0 Å². The van der Waals surface area contributed by atoms with Crippen LogP contribution in [0.25, 0.3) is 0 Å². The Morgan fingerprint density at radius 2 is 2.28 bits per heavy atom. The number of hydrogen-bond donors (Lipinski definition) is 1. The molecule has 2 unspecified atom stereocenters. The maximum Gasteiger partial charge on any atom is 0.179 e. The summed E-state index contributed by atoms with van der Waals surface area (Å²) < 4.78 is 23.5. The Balaban J connectivity index is 2.31. The van der Waals surface area contributed by atoms with E-state index in [0.29, 0.717) is 16.6 Å². The summed E-state index contributed by atoms with van der Waals surface area (Å²) in [7, 11) is -3.24. The summed E-state index contributed by atoms with van der Waals surface area (Å²) in [5.41, 5.74) is 5.90. The molecule has 2 atom stereocenters. The standard InChI is InChI=1S/C12H19N3O2S/c1-9(13)10-5-7-15(8-10)12-11(18(2,16)17)4-3-6-14-12/h3-4,6,9-10H,5,7-8,13H2,1-2H3. The number of aromatic nitrogens is 1. The molecule has 2 heterocycles. The van der Waals surface area contributed by atoms with Gasteiger partial charge in [-0.1, -0.05) is 0 Å². The molecule has 18 heavy (non-hydrogen) atoms. The normalized spacial score (nSPS) is 22.2. The second-order valence-electron chi connectivity index (χ2n) is 4.95. The first-order chi connectivity index (χ1) is 8.39. The Morgan fingerprint density at radius 1 is 1.56 bits per heavy atom. The highest BCUT2D eigenvalue weighted by atomic mass is 32.2. The highest BCUT2D eigenvalue weighted by Crippen LogP contribution is 2.28. The molecular formula is C12H19N3O2S. The fourth-order valence-electron chi connectivity index (χ4n) is 2.32. The Morgan fingerprint density at radius 3 is 2.83 bits per heavy atom. The van der Waals surface area contributed by atoms with Gasteiger partial charge >= 0.3 is 0 Å². The van der Waals surface area contributed by atoms with Crippen molar-refractivity contribution in [3.05, 3.63) is 18.3 Å². The van der Waals surface area contributed by atoms with Crippen LogP contribution < -0.4 is 10.6 Å². The van der Waals surface area contributed by atoms with Crippen molar-refractivity contribution in [2.45, 2.75) is 24.3 Å². The average molecular weight is 269 g/mol. The van der Waals surface area contributed by atoms with E-state index in [1.807, 2.05) is 11.8 Å². The molecule has 0 bridgehead atoms. The summed E-state index contributed by atoms with van der Waals surface area (Å²) >= 11 is 0. The van der Waals surface area contributed by atoms with Crippen molar-refractivity contribution in [1.29, 1.82) is 0 Å². The van der Waals surface area contributed by atoms with Crippen molar-refractivity contribution >= 4 is 15.7 Å². The van der Waals surface area contributed by atoms with E-state index in [4.69, 9.17) is 5.73 Å². The number of pyridine rings is 1. The van der Waals surface area contributed by atoms with Crippen LogP contribution in [0.5, 0.6) is 0 Å². The lowest BCUT2D eigenvalue weighted by Crippen LogP contribution is -2.30. The molecule has 1 aliphatic rings. The molecule has 1 aromatic heterocycles. The minimum absolute atomic E-state index is 0.125. The van der Waals surface area contributed by atoms with Gasteiger partial charge in [-0.3, -0.25) is 0 Å². The Kier molecular flexibility index (Phi) is 3.59. The minimum Gasteiger partial charge on any atom is -0.355 e. The third kappa shape index (κ3) is 2.64. The highest BCUT2D eigenvalue weighted by Gasteiger charge is 2.28. The zero-order valence-corrected chi connectivity index (χ0v) is 11.5. The van der Waals surface area contributed by atoms with Gasteiger partial charge in [0.15, 0.2) is 9.84 Å². The molecule has 100 valence electrons. The monoisotopic (exact) mass is 269 g/mol. The molecule has 0 spiro atoms. The van der Waals surface area contributed by atoms with Crippen LogP contribution in [0, 0.1) is 5.92 Å². The van der Waals surface area contributed by atoms with Gasteiger partial charge in [0.25, 0.3) is 0 Å². The van der Waals surface area contributed by atoms with Crippen molar-refractivity contribution in [1.82, 2.24) is 4.98 Å². The smallest absolute Gasteiger partial charge is 0.179 e. The lowest BCUT2D eigenvalue weighted by molar-refractivity contribution is 0.487. The van der Waals surface area contributed by atoms with Crippen molar-refractivity contribution in [2.24, 2.45) is 11.7 Å². The third-order valence-electron chi connectivity index (χ3n) is 3.42. The molecular weight excluding hydrogens is 250 g/mol. The number of sulfone groups is 1. The van der Waals surface area contributed by atoms with Crippen LogP contribution in [0.2, 0.25) is 0 Å². The lowest BCUT2D eigenvalue weighted by Gasteiger charge is -2.20. The highest BCUT2D eigenvalue weighted by molar-refractivity contribution is 7.90. The molecule has 0 aliphatic carbocycles. The molecule has 1 saturated heterocycles. The lowest BCUT2D eigenvalue weighted by atomic mass is 10.0. The molecule has 5 nitrogen and oxygen atoms in total. The van der Waals surface area contributed by atoms with E-state index < -0.39 is 9.84 Å². The number of hydrogen-bond acceptors (Lipinski definition) is 5. The summed E-state index contributed by atoms with van der Waals surface area (Å²) in [6, 6.07) is 3.39. The predicted molar refractivity (Wildman–Crippen MR) is 71.3 cm³/mol. The SMILES string of the molecule is CC(N)C1CCN(c2ncccc2S(C)(=O)=O)C1. The van der Waals surface area contributed by atoms with Gasteiger partial charge in [-0.05, 0) is 31.4 Å². The summed E-state index contributed by atoms with van der Waals surface area (Å²) in [5, 5.41) is 0. The van der Waals surface area contributed by atoms with E-state index in [2.05, 4.69) is 4.98 Å². The number of rotatable bonds is 3. The van der Waals surface area contributed by atoms with E-state index >= 15 is 0 Å². The van der Waals surface area contributed by atoms with Crippen molar-refractivity contribution in [3.63, 3.8) is 0 Å². The van der Waals surface area contributed by atoms with Gasteiger partial charge in [-0.2, -0.15) is 0 Å². The molecule has 6 heteroatoms. The average Bonchev–Trinajstić information content (AvgIpc) is 2.77. The summed E-state index contributed by atoms with van der Waals surface area (Å²) in [6.45, 7) is 3.58. The predicted octanol–water partition coefficient (Wildman–Crippen LogP) is 0.659. The molecule has 1 aromatic rings. The van der Waals surface area contributed by atoms with Crippen LogP contribution in [-0.4, -0.2) is 38.8 Å². The van der Waals surface area contributed by atoms with E-state index in [9.17, 15) is 8.42 Å². The van der Waals surface area contributed by atoms with Crippen LogP contribution in [0.3, 0.4) is 0 Å². The van der Waals surface area contributed by atoms with Gasteiger partial charge in [0, 0.05) is 31.6 Å². The second-order valence-corrected chi connectivity index (χ2v) is 6.94. The maximum absolute atomic E-state index is 11.7. The Labute approximate surface area is 108 Å². The Bertz CT molecular complexity index is 528. The van der Waals surface area contributed by atoms with Crippen LogP contribution in [0.1, 0.15) is 13.3 Å². The minimum atomic E-state index is -3.24. The molecule has 1 fully saturated rings. The molecule has 0 aromatic carbocycles. The molecule has 2 N–H and O–H groups in total. The first kappa shape index (κ1) is 13.3. The molecule has 1 aliphatic heterocycles. The summed E-state index contributed by atoms with van der Waals surface area (Å²) in [4.78, 5) is 6.55. The Hall–Kier alpha value is -1.14. The van der Waals surface area contributed by atoms with E-state index in [-0.39, 0.29) is 6.04 Å². The quantitative estimate of drug-likeness (QED) is 0.872. The number of nitrogens with two attached hydrogens (primary N) is 1. The largest absolute Gasteiger partial charge is 0.355 e. The molecule has 0 radical (unpaired) electrons. The fraction of sp³-hybridized carbons (Fsp3) is 0.583. The zero-order chi connectivity index (χ0) is 13.3. The maximum atomic E-state index is 11.7. The third-order valence-corrected chi connectivity index (χ3v) is 4.54. The summed E-state index contributed by atoms with van der Waals surface area (Å²) in [6.07, 6.45) is 3.83. The van der Waals surface area contributed by atoms with Crippen molar-refractivity contribution < 1.29 is 8.42 Å². The van der Waals surface area contributed by atoms with E-state index in [1.54, 1.807) is 18.3 Å². The topological polar surface area (TPSA) is 76.3 Å². The number of nitrogens with zero attached hydrogens (tertiary/aromatic N) is 2. The second kappa shape index (κ2) is 4.85. The van der Waals surface area contributed by atoms with Crippen molar-refractivity contribution in [2.75, 3.05) is 24.2 Å².